The first-order chi connectivity index (χ1) is 12.0. The van der Waals surface area contributed by atoms with Gasteiger partial charge in [0, 0.05) is 20.6 Å². The number of aliphatic hydroxyl groups excluding tert-OH is 1. The van der Waals surface area contributed by atoms with Crippen molar-refractivity contribution < 1.29 is 38.9 Å². The fourth-order valence-electron chi connectivity index (χ4n) is 0.898. The molecule has 0 fully saturated rings. The van der Waals surface area contributed by atoms with Crippen molar-refractivity contribution >= 4 is 24.2 Å². The lowest BCUT2D eigenvalue weighted by atomic mass is 10.3. The second-order valence-electron chi connectivity index (χ2n) is 3.70. The molecule has 0 aliphatic heterocycles. The number of methoxy groups -OCH3 is 1. The Kier molecular flexibility index (Phi) is 28.6. The highest BCUT2D eigenvalue weighted by molar-refractivity contribution is 5.73. The minimum atomic E-state index is -0.750. The SMILES string of the molecule is COCCCCOC(=O)NCNC(C)=O.O=C=NCN=C=O.OCO. The Bertz CT molecular complexity index is 404. The Morgan fingerprint density at radius 1 is 1.04 bits per heavy atom. The molecule has 0 aliphatic carbocycles. The molecule has 0 heterocycles. The molecule has 2 amide bonds. The average Bonchev–Trinajstić information content (AvgIpc) is 2.56. The molecule has 0 aromatic carbocycles. The van der Waals surface area contributed by atoms with E-state index in [-0.39, 0.29) is 19.2 Å². The number of hydrogen-bond acceptors (Lipinski definition) is 10. The zero-order valence-corrected chi connectivity index (χ0v) is 14.2. The number of amides is 2. The highest BCUT2D eigenvalue weighted by Crippen LogP contribution is 1.90. The molecule has 0 aromatic rings. The lowest BCUT2D eigenvalue weighted by Crippen LogP contribution is -2.36. The van der Waals surface area contributed by atoms with Crippen molar-refractivity contribution in [2.24, 2.45) is 9.98 Å². The highest BCUT2D eigenvalue weighted by atomic mass is 16.5. The smallest absolute Gasteiger partial charge is 0.408 e. The van der Waals surface area contributed by atoms with Gasteiger partial charge in [-0.2, -0.15) is 9.98 Å². The number of aliphatic imine (C=N–C) groups is 2. The average molecular weight is 364 g/mol. The number of carbonyl (C=O) groups excluding carboxylic acids is 4. The summed E-state index contributed by atoms with van der Waals surface area (Å²) < 4.78 is 9.65. The summed E-state index contributed by atoms with van der Waals surface area (Å²) in [5.41, 5.74) is 0. The summed E-state index contributed by atoms with van der Waals surface area (Å²) in [6, 6.07) is 0. The minimum Gasteiger partial charge on any atom is -0.450 e. The number of aliphatic hydroxyl groups is 2. The first kappa shape index (κ1) is 27.2. The Balaban J connectivity index is -0.000000401. The number of nitrogens with one attached hydrogen (secondary N) is 2. The van der Waals surface area contributed by atoms with Crippen LogP contribution in [0.4, 0.5) is 4.79 Å². The second-order valence-corrected chi connectivity index (χ2v) is 3.70. The number of rotatable bonds is 9. The lowest BCUT2D eigenvalue weighted by Gasteiger charge is -2.06. The standard InChI is InChI=1S/C9H18N2O4.C3H2N2O2.CH4O2/c1-8(12)10-7-11-9(13)15-6-4-3-5-14-2;6-2-4-1-5-3-7;2-1-3/h3-7H2,1-2H3,(H,10,12)(H,11,13);1H2;2-3H,1H2. The predicted molar refractivity (Wildman–Crippen MR) is 84.7 cm³/mol. The maximum atomic E-state index is 10.9. The van der Waals surface area contributed by atoms with E-state index in [2.05, 4.69) is 20.6 Å². The summed E-state index contributed by atoms with van der Waals surface area (Å²) >= 11 is 0. The number of isocyanates is 2. The number of alkyl carbamates (subject to hydrolysis) is 1. The van der Waals surface area contributed by atoms with E-state index in [1.165, 1.54) is 19.1 Å². The van der Waals surface area contributed by atoms with Crippen LogP contribution in [0.5, 0.6) is 0 Å². The van der Waals surface area contributed by atoms with Crippen molar-refractivity contribution in [2.75, 3.05) is 40.5 Å². The molecule has 0 aliphatic rings. The van der Waals surface area contributed by atoms with E-state index in [0.29, 0.717) is 13.2 Å². The Labute approximate surface area is 144 Å². The van der Waals surface area contributed by atoms with Gasteiger partial charge in [-0.15, -0.1) is 0 Å². The van der Waals surface area contributed by atoms with Crippen molar-refractivity contribution in [3.8, 4) is 0 Å². The van der Waals surface area contributed by atoms with Gasteiger partial charge in [-0.1, -0.05) is 0 Å². The molecular formula is C13H24N4O8. The van der Waals surface area contributed by atoms with Gasteiger partial charge in [0.25, 0.3) is 0 Å². The molecule has 0 saturated heterocycles. The van der Waals surface area contributed by atoms with Crippen LogP contribution in [0.3, 0.4) is 0 Å². The highest BCUT2D eigenvalue weighted by Gasteiger charge is 2.00. The van der Waals surface area contributed by atoms with E-state index in [1.807, 2.05) is 0 Å². The van der Waals surface area contributed by atoms with Crippen LogP contribution >= 0.6 is 0 Å². The summed E-state index contributed by atoms with van der Waals surface area (Å²) in [6.45, 7) is 1.57. The van der Waals surface area contributed by atoms with Crippen LogP contribution in [0, 0.1) is 0 Å². The van der Waals surface area contributed by atoms with Gasteiger partial charge < -0.3 is 30.3 Å². The normalized spacial score (nSPS) is 8.00. The Morgan fingerprint density at radius 2 is 1.56 bits per heavy atom. The van der Waals surface area contributed by atoms with Crippen LogP contribution in [0.2, 0.25) is 0 Å². The molecule has 144 valence electrons. The molecule has 0 unspecified atom stereocenters. The number of ether oxygens (including phenoxy) is 2. The molecule has 25 heavy (non-hydrogen) atoms. The molecule has 0 rings (SSSR count). The molecule has 12 nitrogen and oxygen atoms in total. The largest absolute Gasteiger partial charge is 0.450 e. The van der Waals surface area contributed by atoms with Gasteiger partial charge >= 0.3 is 6.09 Å². The zero-order valence-electron chi connectivity index (χ0n) is 14.2. The quantitative estimate of drug-likeness (QED) is 0.170. The van der Waals surface area contributed by atoms with E-state index >= 15 is 0 Å². The van der Waals surface area contributed by atoms with Gasteiger partial charge in [-0.25, -0.2) is 14.4 Å². The van der Waals surface area contributed by atoms with Crippen LogP contribution in [0.15, 0.2) is 9.98 Å². The van der Waals surface area contributed by atoms with Crippen molar-refractivity contribution in [3.63, 3.8) is 0 Å². The fourth-order valence-corrected chi connectivity index (χ4v) is 0.898. The molecule has 0 saturated carbocycles. The zero-order chi connectivity index (χ0) is 19.8. The third kappa shape index (κ3) is 38.8. The number of unbranched alkanes of at least 4 members (excludes halogenated alkanes) is 1. The molecule has 0 spiro atoms. The van der Waals surface area contributed by atoms with Crippen LogP contribution in [0.1, 0.15) is 19.8 Å². The maximum Gasteiger partial charge on any atom is 0.408 e. The third-order valence-corrected chi connectivity index (χ3v) is 1.82. The van der Waals surface area contributed by atoms with Gasteiger partial charge in [0.1, 0.15) is 6.79 Å². The molecule has 0 atom stereocenters. The van der Waals surface area contributed by atoms with Gasteiger partial charge in [0.2, 0.25) is 18.1 Å². The topological polar surface area (TPSA) is 176 Å². The van der Waals surface area contributed by atoms with Crippen LogP contribution in [0.25, 0.3) is 0 Å². The van der Waals surface area contributed by atoms with Crippen LogP contribution in [-0.4, -0.2) is 74.8 Å². The van der Waals surface area contributed by atoms with E-state index in [9.17, 15) is 19.2 Å². The minimum absolute atomic E-state index is 0.0895. The summed E-state index contributed by atoms with van der Waals surface area (Å²) in [6.07, 6.45) is 3.50. The molecule has 0 bridgehead atoms. The van der Waals surface area contributed by atoms with Crippen molar-refractivity contribution in [1.29, 1.82) is 0 Å². The molecule has 4 N–H and O–H groups in total. The maximum absolute atomic E-state index is 10.9. The van der Waals surface area contributed by atoms with Gasteiger partial charge in [-0.05, 0) is 12.8 Å². The van der Waals surface area contributed by atoms with Gasteiger partial charge in [-0.3, -0.25) is 4.79 Å². The lowest BCUT2D eigenvalue weighted by molar-refractivity contribution is -0.119. The monoisotopic (exact) mass is 364 g/mol. The third-order valence-electron chi connectivity index (χ3n) is 1.82. The van der Waals surface area contributed by atoms with E-state index in [1.54, 1.807) is 7.11 Å². The number of hydrogen-bond donors (Lipinski definition) is 4. The number of nitrogens with zero attached hydrogens (tertiary/aromatic N) is 2. The van der Waals surface area contributed by atoms with E-state index in [4.69, 9.17) is 19.7 Å². The number of carbonyl (C=O) groups is 2. The summed E-state index contributed by atoms with van der Waals surface area (Å²) in [7, 11) is 1.63. The molecule has 0 aromatic heterocycles. The van der Waals surface area contributed by atoms with E-state index in [0.717, 1.165) is 12.8 Å². The molecule has 12 heteroatoms. The molecular weight excluding hydrogens is 340 g/mol. The first-order valence-electron chi connectivity index (χ1n) is 6.93. The van der Waals surface area contributed by atoms with E-state index < -0.39 is 12.9 Å². The fraction of sp³-hybridized carbons (Fsp3) is 0.692. The Hall–Kier alpha value is -2.62. The Morgan fingerprint density at radius 3 is 2.00 bits per heavy atom. The first-order valence-corrected chi connectivity index (χ1v) is 6.93. The summed E-state index contributed by atoms with van der Waals surface area (Å²) in [5, 5.41) is 19.0. The van der Waals surface area contributed by atoms with Crippen LogP contribution in [-0.2, 0) is 23.9 Å². The van der Waals surface area contributed by atoms with Crippen molar-refractivity contribution in [1.82, 2.24) is 10.6 Å². The van der Waals surface area contributed by atoms with Crippen molar-refractivity contribution in [3.05, 3.63) is 0 Å². The summed E-state index contributed by atoms with van der Waals surface area (Å²) in [4.78, 5) is 45.6. The van der Waals surface area contributed by atoms with Gasteiger partial charge in [0.15, 0.2) is 6.67 Å². The second kappa shape index (κ2) is 26.3. The summed E-state index contributed by atoms with van der Waals surface area (Å²) in [5.74, 6) is -0.199. The van der Waals surface area contributed by atoms with Gasteiger partial charge in [0.05, 0.1) is 13.3 Å². The van der Waals surface area contributed by atoms with Crippen LogP contribution < -0.4 is 10.6 Å². The predicted octanol–water partition coefficient (Wildman–Crippen LogP) is -1.22. The molecule has 0 radical (unpaired) electrons. The van der Waals surface area contributed by atoms with Crippen molar-refractivity contribution in [2.45, 2.75) is 19.8 Å².